The van der Waals surface area contributed by atoms with Crippen molar-refractivity contribution in [1.82, 2.24) is 4.72 Å². The highest BCUT2D eigenvalue weighted by Gasteiger charge is 2.29. The molecule has 8 heteroatoms. The Morgan fingerprint density at radius 3 is 2.42 bits per heavy atom. The van der Waals surface area contributed by atoms with Gasteiger partial charge in [0.1, 0.15) is 0 Å². The van der Waals surface area contributed by atoms with Gasteiger partial charge in [0.25, 0.3) is 0 Å². The summed E-state index contributed by atoms with van der Waals surface area (Å²) >= 11 is 3.45. The van der Waals surface area contributed by atoms with E-state index >= 15 is 0 Å². The Kier molecular flexibility index (Phi) is 6.59. The first-order valence-electron chi connectivity index (χ1n) is 6.40. The van der Waals surface area contributed by atoms with Gasteiger partial charge in [-0.25, -0.2) is 13.1 Å². The third kappa shape index (κ3) is 7.51. The van der Waals surface area contributed by atoms with Crippen LogP contribution in [0, 0.1) is 0 Å². The van der Waals surface area contributed by atoms with Crippen LogP contribution in [0.4, 0.5) is 13.2 Å². The van der Waals surface area contributed by atoms with Crippen molar-refractivity contribution in [2.75, 3.05) is 5.75 Å². The van der Waals surface area contributed by atoms with E-state index in [-0.39, 0.29) is 10.9 Å². The summed E-state index contributed by atoms with van der Waals surface area (Å²) in [6.45, 7) is 0. The van der Waals surface area contributed by atoms with Crippen molar-refractivity contribution in [3.05, 3.63) is 0 Å². The van der Waals surface area contributed by atoms with Gasteiger partial charge in [-0.2, -0.15) is 13.2 Å². The van der Waals surface area contributed by atoms with E-state index in [0.717, 1.165) is 32.1 Å². The molecular weight excluding hydrogens is 347 g/mol. The maximum absolute atomic E-state index is 12.0. The summed E-state index contributed by atoms with van der Waals surface area (Å²) in [6, 6.07) is -0.210. The molecule has 0 spiro atoms. The first-order chi connectivity index (χ1) is 8.70. The largest absolute Gasteiger partial charge is 0.389 e. The molecule has 1 N–H and O–H groups in total. The standard InChI is InChI=1S/C11H19BrF3NO2S/c12-9-5-2-1-3-6-10(9)16-19(17,18)8-4-7-11(13,14)15/h9-10,16H,1-8H2. The second kappa shape index (κ2) is 7.26. The molecule has 0 heterocycles. The van der Waals surface area contributed by atoms with Crippen LogP contribution < -0.4 is 4.72 Å². The van der Waals surface area contributed by atoms with Crippen LogP contribution in [0.5, 0.6) is 0 Å². The van der Waals surface area contributed by atoms with Crippen LogP contribution in [-0.2, 0) is 10.0 Å². The van der Waals surface area contributed by atoms with Gasteiger partial charge in [0.15, 0.2) is 0 Å². The van der Waals surface area contributed by atoms with E-state index in [4.69, 9.17) is 0 Å². The average molecular weight is 366 g/mol. The SMILES string of the molecule is O=S(=O)(CCCC(F)(F)F)NC1CCCCCC1Br. The van der Waals surface area contributed by atoms with E-state index in [2.05, 4.69) is 20.7 Å². The minimum Gasteiger partial charge on any atom is -0.212 e. The van der Waals surface area contributed by atoms with Crippen LogP contribution in [0.1, 0.15) is 44.9 Å². The highest BCUT2D eigenvalue weighted by atomic mass is 79.9. The molecule has 0 aromatic heterocycles. The minimum absolute atomic E-state index is 0.0624. The third-order valence-corrected chi connectivity index (χ3v) is 5.72. The lowest BCUT2D eigenvalue weighted by Gasteiger charge is -2.21. The summed E-state index contributed by atoms with van der Waals surface area (Å²) in [6.07, 6.45) is -1.08. The molecule has 1 aliphatic rings. The molecule has 19 heavy (non-hydrogen) atoms. The van der Waals surface area contributed by atoms with Crippen LogP contribution in [0.15, 0.2) is 0 Å². The molecule has 0 radical (unpaired) electrons. The number of rotatable bonds is 5. The van der Waals surface area contributed by atoms with Gasteiger partial charge in [-0.05, 0) is 19.3 Å². The van der Waals surface area contributed by atoms with Crippen LogP contribution >= 0.6 is 15.9 Å². The fourth-order valence-electron chi connectivity index (χ4n) is 2.15. The summed E-state index contributed by atoms with van der Waals surface area (Å²) in [4.78, 5) is 0.0624. The second-order valence-corrected chi connectivity index (χ2v) is 7.97. The Morgan fingerprint density at radius 1 is 1.16 bits per heavy atom. The van der Waals surface area contributed by atoms with E-state index in [1.54, 1.807) is 0 Å². The zero-order valence-corrected chi connectivity index (χ0v) is 13.0. The topological polar surface area (TPSA) is 46.2 Å². The molecular formula is C11H19BrF3NO2S. The van der Waals surface area contributed by atoms with E-state index < -0.39 is 34.8 Å². The smallest absolute Gasteiger partial charge is 0.212 e. The van der Waals surface area contributed by atoms with Crippen LogP contribution in [0.25, 0.3) is 0 Å². The predicted octanol–water partition coefficient (Wildman–Crippen LogP) is 3.34. The Morgan fingerprint density at radius 2 is 1.79 bits per heavy atom. The number of alkyl halides is 4. The molecule has 2 atom stereocenters. The number of hydrogen-bond donors (Lipinski definition) is 1. The second-order valence-electron chi connectivity index (χ2n) is 4.92. The van der Waals surface area contributed by atoms with Crippen LogP contribution in [-0.4, -0.2) is 31.2 Å². The molecule has 0 aromatic carbocycles. The Balaban J connectivity index is 2.44. The monoisotopic (exact) mass is 365 g/mol. The molecule has 1 aliphatic carbocycles. The molecule has 0 bridgehead atoms. The lowest BCUT2D eigenvalue weighted by molar-refractivity contribution is -0.134. The van der Waals surface area contributed by atoms with Gasteiger partial charge in [0.05, 0.1) is 5.75 Å². The first kappa shape index (κ1) is 17.2. The maximum atomic E-state index is 12.0. The van der Waals surface area contributed by atoms with Crippen molar-refractivity contribution < 1.29 is 21.6 Å². The van der Waals surface area contributed by atoms with E-state index in [1.807, 2.05) is 0 Å². The number of sulfonamides is 1. The van der Waals surface area contributed by atoms with Gasteiger partial charge in [-0.1, -0.05) is 35.2 Å². The van der Waals surface area contributed by atoms with Gasteiger partial charge < -0.3 is 0 Å². The van der Waals surface area contributed by atoms with Crippen LogP contribution in [0.3, 0.4) is 0 Å². The summed E-state index contributed by atoms with van der Waals surface area (Å²) in [5, 5.41) is 0. The zero-order chi connectivity index (χ0) is 14.5. The first-order valence-corrected chi connectivity index (χ1v) is 8.97. The zero-order valence-electron chi connectivity index (χ0n) is 10.5. The Bertz CT molecular complexity index is 373. The normalized spacial score (nSPS) is 26.1. The molecule has 1 fully saturated rings. The summed E-state index contributed by atoms with van der Waals surface area (Å²) in [5.41, 5.74) is 0. The Labute approximate surface area is 120 Å². The molecule has 0 aromatic rings. The average Bonchev–Trinajstić information content (AvgIpc) is 2.41. The van der Waals surface area contributed by atoms with Crippen molar-refractivity contribution in [2.24, 2.45) is 0 Å². The van der Waals surface area contributed by atoms with Crippen molar-refractivity contribution in [1.29, 1.82) is 0 Å². The highest BCUT2D eigenvalue weighted by Crippen LogP contribution is 2.25. The molecule has 1 saturated carbocycles. The molecule has 1 rings (SSSR count). The quantitative estimate of drug-likeness (QED) is 0.599. The summed E-state index contributed by atoms with van der Waals surface area (Å²) < 4.78 is 62.0. The molecule has 3 nitrogen and oxygen atoms in total. The molecule has 0 amide bonds. The molecule has 0 aliphatic heterocycles. The van der Waals surface area contributed by atoms with Crippen molar-refractivity contribution >= 4 is 26.0 Å². The fourth-order valence-corrected chi connectivity index (χ4v) is 4.43. The van der Waals surface area contributed by atoms with Crippen LogP contribution in [0.2, 0.25) is 0 Å². The third-order valence-electron chi connectivity index (χ3n) is 3.14. The lowest BCUT2D eigenvalue weighted by Crippen LogP contribution is -2.41. The van der Waals surface area contributed by atoms with E-state index in [0.29, 0.717) is 0 Å². The molecule has 2 unspecified atom stereocenters. The van der Waals surface area contributed by atoms with Crippen molar-refractivity contribution in [2.45, 2.75) is 62.0 Å². The predicted molar refractivity (Wildman–Crippen MR) is 71.8 cm³/mol. The van der Waals surface area contributed by atoms with Gasteiger partial charge in [-0.15, -0.1) is 0 Å². The highest BCUT2D eigenvalue weighted by molar-refractivity contribution is 9.09. The van der Waals surface area contributed by atoms with E-state index in [9.17, 15) is 21.6 Å². The summed E-state index contributed by atoms with van der Waals surface area (Å²) in [7, 11) is -3.63. The van der Waals surface area contributed by atoms with Gasteiger partial charge in [0, 0.05) is 17.3 Å². The van der Waals surface area contributed by atoms with Crippen molar-refractivity contribution in [3.63, 3.8) is 0 Å². The van der Waals surface area contributed by atoms with Gasteiger partial charge in [0.2, 0.25) is 10.0 Å². The summed E-state index contributed by atoms with van der Waals surface area (Å²) in [5.74, 6) is -0.470. The minimum atomic E-state index is -4.30. The van der Waals surface area contributed by atoms with E-state index in [1.165, 1.54) is 0 Å². The lowest BCUT2D eigenvalue weighted by atomic mass is 10.1. The molecule has 0 saturated heterocycles. The number of nitrogens with one attached hydrogen (secondary N) is 1. The van der Waals surface area contributed by atoms with Crippen molar-refractivity contribution in [3.8, 4) is 0 Å². The Hall–Kier alpha value is 0.180. The fraction of sp³-hybridized carbons (Fsp3) is 1.00. The molecule has 114 valence electrons. The van der Waals surface area contributed by atoms with Gasteiger partial charge in [-0.3, -0.25) is 0 Å². The maximum Gasteiger partial charge on any atom is 0.389 e. The number of halogens is 4. The van der Waals surface area contributed by atoms with Gasteiger partial charge >= 0.3 is 6.18 Å². The number of hydrogen-bond acceptors (Lipinski definition) is 2.